The molecule has 0 spiro atoms. The van der Waals surface area contributed by atoms with Gasteiger partial charge in [-0.15, -0.1) is 0 Å². The van der Waals surface area contributed by atoms with Crippen LogP contribution >= 0.6 is 0 Å². The average Bonchev–Trinajstić information content (AvgIpc) is 3.17. The molecular weight excluding hydrogens is 544 g/mol. The molecule has 0 aliphatic carbocycles. The number of aliphatic hydroxyl groups excluding tert-OH is 1. The van der Waals surface area contributed by atoms with E-state index in [9.17, 15) is 44.3 Å². The Hall–Kier alpha value is -3.17. The van der Waals surface area contributed by atoms with E-state index < -0.39 is 64.3 Å². The number of nitrogens with zero attached hydrogens (tertiary/aromatic N) is 1. The van der Waals surface area contributed by atoms with Crippen LogP contribution in [0.5, 0.6) is 0 Å². The molecule has 1 atom stereocenters. The first kappa shape index (κ1) is 29.4. The number of amides is 2. The number of rotatable bonds is 7. The summed E-state index contributed by atoms with van der Waals surface area (Å²) in [6, 6.07) is 5.54. The molecule has 0 saturated carbocycles. The monoisotopic (exact) mass is 567 g/mol. The van der Waals surface area contributed by atoms with E-state index in [2.05, 4.69) is 5.32 Å². The minimum atomic E-state index is -5.83. The molecule has 1 aliphatic heterocycles. The topological polar surface area (TPSA) is 116 Å². The van der Waals surface area contributed by atoms with E-state index in [-0.39, 0.29) is 17.1 Å². The zero-order valence-corrected chi connectivity index (χ0v) is 20.8. The van der Waals surface area contributed by atoms with Crippen LogP contribution in [0.25, 0.3) is 0 Å². The third-order valence-corrected chi connectivity index (χ3v) is 7.19. The molecule has 0 saturated heterocycles. The van der Waals surface area contributed by atoms with Gasteiger partial charge in [0.05, 0.1) is 11.5 Å². The highest BCUT2D eigenvalue weighted by molar-refractivity contribution is 7.90. The van der Waals surface area contributed by atoms with Crippen molar-refractivity contribution in [3.63, 3.8) is 0 Å². The minimum absolute atomic E-state index is 0.0241. The van der Waals surface area contributed by atoms with Crippen molar-refractivity contribution in [3.8, 4) is 0 Å². The fraction of sp³-hybridized carbons (Fsp3) is 0.391. The summed E-state index contributed by atoms with van der Waals surface area (Å²) in [6.07, 6.45) is -10.7. The van der Waals surface area contributed by atoms with Crippen LogP contribution < -0.4 is 10.6 Å². The second-order valence-corrected chi connectivity index (χ2v) is 10.7. The summed E-state index contributed by atoms with van der Waals surface area (Å²) in [6.45, 7) is -0.878. The van der Waals surface area contributed by atoms with Gasteiger partial charge in [-0.1, -0.05) is 18.2 Å². The van der Waals surface area contributed by atoms with E-state index in [0.29, 0.717) is 23.3 Å². The lowest BCUT2D eigenvalue weighted by Gasteiger charge is -2.38. The second kappa shape index (κ2) is 10.2. The number of hydrogen-bond acceptors (Lipinski definition) is 6. The molecule has 15 heteroatoms. The van der Waals surface area contributed by atoms with Gasteiger partial charge < -0.3 is 15.3 Å². The predicted molar refractivity (Wildman–Crippen MR) is 122 cm³/mol. The molecule has 0 fully saturated rings. The number of carbonyl (C=O) groups excluding carboxylic acids is 2. The molecule has 208 valence electrons. The van der Waals surface area contributed by atoms with Gasteiger partial charge in [-0.25, -0.2) is 8.42 Å². The summed E-state index contributed by atoms with van der Waals surface area (Å²) in [4.78, 5) is 26.4. The van der Waals surface area contributed by atoms with Crippen molar-refractivity contribution in [2.45, 2.75) is 42.3 Å². The normalized spacial score (nSPS) is 16.3. The largest absolute Gasteiger partial charge is 0.419 e. The molecule has 2 amide bonds. The Bertz CT molecular complexity index is 1310. The second-order valence-electron chi connectivity index (χ2n) is 8.64. The Balaban J connectivity index is 1.95. The quantitative estimate of drug-likeness (QED) is 0.443. The molecule has 38 heavy (non-hydrogen) atoms. The van der Waals surface area contributed by atoms with Crippen LogP contribution in [0.4, 0.5) is 32.0 Å². The summed E-state index contributed by atoms with van der Waals surface area (Å²) < 4.78 is 106. The molecule has 1 unspecified atom stereocenters. The number of alkyl halides is 6. The highest BCUT2D eigenvalue weighted by Gasteiger charge is 2.71. The highest BCUT2D eigenvalue weighted by Crippen LogP contribution is 2.50. The first-order valence-electron chi connectivity index (χ1n) is 10.9. The van der Waals surface area contributed by atoms with Crippen LogP contribution in [0.2, 0.25) is 0 Å². The molecule has 0 radical (unpaired) electrons. The van der Waals surface area contributed by atoms with Gasteiger partial charge in [-0.2, -0.15) is 26.3 Å². The van der Waals surface area contributed by atoms with E-state index in [1.165, 1.54) is 30.4 Å². The van der Waals surface area contributed by atoms with E-state index in [0.717, 1.165) is 23.3 Å². The zero-order valence-electron chi connectivity index (χ0n) is 19.9. The highest BCUT2D eigenvalue weighted by atomic mass is 32.2. The third kappa shape index (κ3) is 5.35. The van der Waals surface area contributed by atoms with Gasteiger partial charge in [0.2, 0.25) is 11.4 Å². The Kier molecular flexibility index (Phi) is 7.88. The van der Waals surface area contributed by atoms with Gasteiger partial charge in [0.1, 0.15) is 6.04 Å². The van der Waals surface area contributed by atoms with Crippen LogP contribution in [0.15, 0.2) is 47.4 Å². The fourth-order valence-electron chi connectivity index (χ4n) is 4.28. The number of benzene rings is 2. The maximum atomic E-state index is 13.7. The summed E-state index contributed by atoms with van der Waals surface area (Å²) in [5, 5.41) is 12.6. The SMILES string of the molecule is CC(=O)N1Cc2cc(S(C)(=O)=O)ccc2C1C(=O)Nc1ccc(C(NCCO)(C(F)(F)F)C(F)(F)F)cc1. The van der Waals surface area contributed by atoms with Gasteiger partial charge >= 0.3 is 12.4 Å². The molecule has 0 aromatic heterocycles. The van der Waals surface area contributed by atoms with Crippen LogP contribution in [-0.4, -0.2) is 62.0 Å². The van der Waals surface area contributed by atoms with E-state index >= 15 is 0 Å². The summed E-state index contributed by atoms with van der Waals surface area (Å²) in [7, 11) is -3.57. The number of sulfone groups is 1. The van der Waals surface area contributed by atoms with Crippen LogP contribution in [0, 0.1) is 0 Å². The summed E-state index contributed by atoms with van der Waals surface area (Å²) in [5.41, 5.74) is -5.12. The minimum Gasteiger partial charge on any atom is -0.395 e. The number of aliphatic hydroxyl groups is 1. The Morgan fingerprint density at radius 2 is 1.61 bits per heavy atom. The zero-order chi connectivity index (χ0) is 28.7. The van der Waals surface area contributed by atoms with Crippen molar-refractivity contribution in [2.24, 2.45) is 0 Å². The van der Waals surface area contributed by atoms with Crippen LogP contribution in [-0.2, 0) is 31.5 Å². The Morgan fingerprint density at radius 1 is 1.03 bits per heavy atom. The molecule has 3 rings (SSSR count). The van der Waals surface area contributed by atoms with Crippen LogP contribution in [0.1, 0.15) is 29.7 Å². The van der Waals surface area contributed by atoms with Gasteiger partial charge in [0.15, 0.2) is 9.84 Å². The number of anilines is 1. The average molecular weight is 568 g/mol. The van der Waals surface area contributed by atoms with E-state index in [1.54, 1.807) is 0 Å². The fourth-order valence-corrected chi connectivity index (χ4v) is 4.95. The van der Waals surface area contributed by atoms with Gasteiger partial charge in [-0.3, -0.25) is 14.9 Å². The number of fused-ring (bicyclic) bond motifs is 1. The molecule has 3 N–H and O–H groups in total. The molecule has 1 heterocycles. The Labute approximate surface area is 213 Å². The van der Waals surface area contributed by atoms with Crippen molar-refractivity contribution in [3.05, 3.63) is 59.2 Å². The molecule has 2 aromatic rings. The maximum Gasteiger partial charge on any atom is 0.419 e. The first-order chi connectivity index (χ1) is 17.4. The lowest BCUT2D eigenvalue weighted by molar-refractivity contribution is -0.314. The third-order valence-electron chi connectivity index (χ3n) is 6.08. The lowest BCUT2D eigenvalue weighted by Crippen LogP contribution is -2.63. The smallest absolute Gasteiger partial charge is 0.395 e. The maximum absolute atomic E-state index is 13.7. The molecule has 2 aromatic carbocycles. The van der Waals surface area contributed by atoms with Gasteiger partial charge in [0.25, 0.3) is 5.91 Å². The number of carbonyl (C=O) groups is 2. The molecule has 0 bridgehead atoms. The first-order valence-corrected chi connectivity index (χ1v) is 12.8. The standard InChI is InChI=1S/C23H23F6N3O5S/c1-13(34)32-12-14-11-17(38(2,36)37)7-8-18(14)19(32)20(35)31-16-5-3-15(4-6-16)21(22(24,25)26,23(27,28)29)30-9-10-33/h3-8,11,19,30,33H,9-10,12H2,1-2H3,(H,31,35). The van der Waals surface area contributed by atoms with Crippen molar-refractivity contribution < 1.29 is 49.5 Å². The van der Waals surface area contributed by atoms with Crippen molar-refractivity contribution >= 4 is 27.3 Å². The molecule has 1 aliphatic rings. The van der Waals surface area contributed by atoms with E-state index in [1.807, 2.05) is 0 Å². The van der Waals surface area contributed by atoms with Crippen molar-refractivity contribution in [1.82, 2.24) is 10.2 Å². The predicted octanol–water partition coefficient (Wildman–Crippen LogP) is 3.03. The van der Waals surface area contributed by atoms with Crippen molar-refractivity contribution in [2.75, 3.05) is 24.7 Å². The number of halogens is 6. The summed E-state index contributed by atoms with van der Waals surface area (Å²) in [5.74, 6) is -1.33. The van der Waals surface area contributed by atoms with Crippen molar-refractivity contribution in [1.29, 1.82) is 0 Å². The molecule has 8 nitrogen and oxygen atoms in total. The number of hydrogen-bond donors (Lipinski definition) is 3. The molecular formula is C23H23F6N3O5S. The number of nitrogens with one attached hydrogen (secondary N) is 2. The Morgan fingerprint density at radius 3 is 2.08 bits per heavy atom. The lowest BCUT2D eigenvalue weighted by atomic mass is 9.87. The van der Waals surface area contributed by atoms with Gasteiger partial charge in [0, 0.05) is 32.0 Å². The van der Waals surface area contributed by atoms with Gasteiger partial charge in [-0.05, 0) is 41.0 Å². The van der Waals surface area contributed by atoms with Crippen LogP contribution in [0.3, 0.4) is 0 Å². The summed E-state index contributed by atoms with van der Waals surface area (Å²) >= 11 is 0. The van der Waals surface area contributed by atoms with E-state index in [4.69, 9.17) is 5.11 Å².